The van der Waals surface area contributed by atoms with Crippen LogP contribution in [0.25, 0.3) is 0 Å². The minimum Gasteiger partial charge on any atom is -0.389 e. The number of carbonyl (C=O) groups excluding carboxylic acids is 1. The van der Waals surface area contributed by atoms with E-state index < -0.39 is 5.60 Å². The van der Waals surface area contributed by atoms with Crippen molar-refractivity contribution in [2.24, 2.45) is 0 Å². The lowest BCUT2D eigenvalue weighted by molar-refractivity contribution is -0.133. The Morgan fingerprint density at radius 2 is 2.06 bits per heavy atom. The third kappa shape index (κ3) is 4.15. The van der Waals surface area contributed by atoms with Crippen molar-refractivity contribution in [1.29, 1.82) is 0 Å². The van der Waals surface area contributed by atoms with E-state index in [-0.39, 0.29) is 11.8 Å². The fourth-order valence-electron chi connectivity index (χ4n) is 2.07. The maximum atomic E-state index is 12.2. The van der Waals surface area contributed by atoms with Gasteiger partial charge in [0.25, 0.3) is 0 Å². The van der Waals surface area contributed by atoms with E-state index in [1.165, 1.54) is 0 Å². The molecule has 0 aliphatic heterocycles. The lowest BCUT2D eigenvalue weighted by atomic mass is 9.97. The molecule has 18 heavy (non-hydrogen) atoms. The van der Waals surface area contributed by atoms with Gasteiger partial charge in [-0.2, -0.15) is 0 Å². The van der Waals surface area contributed by atoms with Crippen LogP contribution < -0.4 is 0 Å². The van der Waals surface area contributed by atoms with Gasteiger partial charge in [0, 0.05) is 13.6 Å². The quantitative estimate of drug-likeness (QED) is 0.889. The topological polar surface area (TPSA) is 40.5 Å². The standard InChI is InChI=1S/C15H23NO2/c1-11-7-6-8-13(9-11)12(2)14(17)16(5)10-15(3,4)18/h6-9,12,18H,10H2,1-5H3. The summed E-state index contributed by atoms with van der Waals surface area (Å²) in [5, 5.41) is 9.74. The molecule has 0 saturated carbocycles. The average Bonchev–Trinajstić information content (AvgIpc) is 2.24. The molecular weight excluding hydrogens is 226 g/mol. The fraction of sp³-hybridized carbons (Fsp3) is 0.533. The average molecular weight is 249 g/mol. The molecule has 0 saturated heterocycles. The first-order valence-corrected chi connectivity index (χ1v) is 6.24. The Morgan fingerprint density at radius 3 is 2.56 bits per heavy atom. The molecular formula is C15H23NO2. The summed E-state index contributed by atoms with van der Waals surface area (Å²) in [6, 6.07) is 7.97. The number of aliphatic hydroxyl groups is 1. The number of amides is 1. The molecule has 1 amide bonds. The first-order chi connectivity index (χ1) is 8.20. The molecule has 100 valence electrons. The molecule has 0 radical (unpaired) electrons. The zero-order chi connectivity index (χ0) is 13.9. The van der Waals surface area contributed by atoms with E-state index in [1.54, 1.807) is 25.8 Å². The van der Waals surface area contributed by atoms with Crippen molar-refractivity contribution in [1.82, 2.24) is 4.90 Å². The summed E-state index contributed by atoms with van der Waals surface area (Å²) in [7, 11) is 1.73. The molecule has 0 fully saturated rings. The number of carbonyl (C=O) groups is 1. The number of rotatable bonds is 4. The van der Waals surface area contributed by atoms with Crippen molar-refractivity contribution in [3.05, 3.63) is 35.4 Å². The van der Waals surface area contributed by atoms with Gasteiger partial charge in [0.2, 0.25) is 5.91 Å². The lowest BCUT2D eigenvalue weighted by Crippen LogP contribution is -2.41. The van der Waals surface area contributed by atoms with Crippen LogP contribution in [0.1, 0.15) is 37.8 Å². The van der Waals surface area contributed by atoms with Gasteiger partial charge in [0.1, 0.15) is 0 Å². The zero-order valence-electron chi connectivity index (χ0n) is 11.9. The van der Waals surface area contributed by atoms with Gasteiger partial charge in [0.15, 0.2) is 0 Å². The van der Waals surface area contributed by atoms with E-state index >= 15 is 0 Å². The summed E-state index contributed by atoms with van der Waals surface area (Å²) >= 11 is 0. The predicted octanol–water partition coefficient (Wildman–Crippen LogP) is 2.33. The molecule has 1 N–H and O–H groups in total. The molecule has 0 heterocycles. The molecule has 0 aliphatic rings. The van der Waals surface area contributed by atoms with Crippen LogP contribution in [0.3, 0.4) is 0 Å². The predicted molar refractivity (Wildman–Crippen MR) is 73.5 cm³/mol. The van der Waals surface area contributed by atoms with Crippen LogP contribution in [0.5, 0.6) is 0 Å². The summed E-state index contributed by atoms with van der Waals surface area (Å²) in [5.74, 6) is -0.153. The molecule has 1 unspecified atom stereocenters. The highest BCUT2D eigenvalue weighted by molar-refractivity contribution is 5.83. The van der Waals surface area contributed by atoms with E-state index in [4.69, 9.17) is 0 Å². The third-order valence-electron chi connectivity index (χ3n) is 2.91. The summed E-state index contributed by atoms with van der Waals surface area (Å²) in [6.07, 6.45) is 0. The van der Waals surface area contributed by atoms with E-state index in [0.717, 1.165) is 11.1 Å². The van der Waals surface area contributed by atoms with Gasteiger partial charge in [-0.15, -0.1) is 0 Å². The molecule has 0 spiro atoms. The number of benzene rings is 1. The number of likely N-dealkylation sites (N-methyl/N-ethyl adjacent to an activating group) is 1. The second-order valence-corrected chi connectivity index (χ2v) is 5.64. The highest BCUT2D eigenvalue weighted by Gasteiger charge is 2.24. The van der Waals surface area contributed by atoms with Crippen LogP contribution in [-0.4, -0.2) is 35.1 Å². The summed E-state index contributed by atoms with van der Waals surface area (Å²) in [6.45, 7) is 7.66. The maximum Gasteiger partial charge on any atom is 0.229 e. The Balaban J connectivity index is 2.78. The monoisotopic (exact) mass is 249 g/mol. The van der Waals surface area contributed by atoms with Crippen LogP contribution in [-0.2, 0) is 4.79 Å². The molecule has 0 aromatic heterocycles. The molecule has 1 atom stereocenters. The zero-order valence-corrected chi connectivity index (χ0v) is 11.9. The summed E-state index contributed by atoms with van der Waals surface area (Å²) < 4.78 is 0. The van der Waals surface area contributed by atoms with Gasteiger partial charge in [-0.3, -0.25) is 4.79 Å². The molecule has 1 rings (SSSR count). The largest absolute Gasteiger partial charge is 0.389 e. The lowest BCUT2D eigenvalue weighted by Gasteiger charge is -2.28. The van der Waals surface area contributed by atoms with Crippen molar-refractivity contribution < 1.29 is 9.90 Å². The highest BCUT2D eigenvalue weighted by Crippen LogP contribution is 2.19. The van der Waals surface area contributed by atoms with Crippen molar-refractivity contribution in [2.45, 2.75) is 39.2 Å². The molecule has 0 aliphatic carbocycles. The third-order valence-corrected chi connectivity index (χ3v) is 2.91. The van der Waals surface area contributed by atoms with Crippen LogP contribution in [0, 0.1) is 6.92 Å². The van der Waals surface area contributed by atoms with E-state index in [1.807, 2.05) is 38.1 Å². The maximum absolute atomic E-state index is 12.2. The number of hydrogen-bond acceptors (Lipinski definition) is 2. The van der Waals surface area contributed by atoms with Gasteiger partial charge < -0.3 is 10.0 Å². The Bertz CT molecular complexity index is 421. The Kier molecular flexibility index (Phi) is 4.52. The van der Waals surface area contributed by atoms with Gasteiger partial charge in [-0.25, -0.2) is 0 Å². The van der Waals surface area contributed by atoms with E-state index in [9.17, 15) is 9.90 Å². The van der Waals surface area contributed by atoms with Gasteiger partial charge in [0.05, 0.1) is 11.5 Å². The van der Waals surface area contributed by atoms with Crippen molar-refractivity contribution in [3.63, 3.8) is 0 Å². The molecule has 1 aromatic carbocycles. The normalized spacial score (nSPS) is 13.2. The number of aryl methyl sites for hydroxylation is 1. The van der Waals surface area contributed by atoms with Gasteiger partial charge >= 0.3 is 0 Å². The Labute approximate surface area is 109 Å². The molecule has 3 heteroatoms. The first kappa shape index (κ1) is 14.7. The van der Waals surface area contributed by atoms with E-state index in [2.05, 4.69) is 0 Å². The number of nitrogens with zero attached hydrogens (tertiary/aromatic N) is 1. The second kappa shape index (κ2) is 5.53. The molecule has 3 nitrogen and oxygen atoms in total. The summed E-state index contributed by atoms with van der Waals surface area (Å²) in [5.41, 5.74) is 1.30. The second-order valence-electron chi connectivity index (χ2n) is 5.64. The van der Waals surface area contributed by atoms with Crippen LogP contribution in [0.15, 0.2) is 24.3 Å². The highest BCUT2D eigenvalue weighted by atomic mass is 16.3. The Hall–Kier alpha value is -1.35. The summed E-state index contributed by atoms with van der Waals surface area (Å²) in [4.78, 5) is 13.8. The minimum absolute atomic E-state index is 0.0303. The smallest absolute Gasteiger partial charge is 0.229 e. The SMILES string of the molecule is Cc1cccc(C(C)C(=O)N(C)CC(C)(C)O)c1. The van der Waals surface area contributed by atoms with Gasteiger partial charge in [-0.1, -0.05) is 29.8 Å². The first-order valence-electron chi connectivity index (χ1n) is 6.24. The Morgan fingerprint density at radius 1 is 1.44 bits per heavy atom. The van der Waals surface area contributed by atoms with Crippen LogP contribution in [0.4, 0.5) is 0 Å². The van der Waals surface area contributed by atoms with Crippen molar-refractivity contribution in [3.8, 4) is 0 Å². The van der Waals surface area contributed by atoms with Crippen molar-refractivity contribution >= 4 is 5.91 Å². The molecule has 1 aromatic rings. The van der Waals surface area contributed by atoms with E-state index in [0.29, 0.717) is 6.54 Å². The van der Waals surface area contributed by atoms with Crippen LogP contribution >= 0.6 is 0 Å². The van der Waals surface area contributed by atoms with Crippen molar-refractivity contribution in [2.75, 3.05) is 13.6 Å². The number of hydrogen-bond donors (Lipinski definition) is 1. The fourth-order valence-corrected chi connectivity index (χ4v) is 2.07. The van der Waals surface area contributed by atoms with Crippen LogP contribution in [0.2, 0.25) is 0 Å². The van der Waals surface area contributed by atoms with Gasteiger partial charge in [-0.05, 0) is 33.3 Å². The molecule has 0 bridgehead atoms. The minimum atomic E-state index is -0.864.